The van der Waals surface area contributed by atoms with E-state index in [9.17, 15) is 13.5 Å². The van der Waals surface area contributed by atoms with Crippen LogP contribution in [0, 0.1) is 27.7 Å². The SMILES string of the molecule is Cc1cc(O)c(CN2CCN(S(=O)(=O)c3c(C)noc3C)CC2)cc1C. The van der Waals surface area contributed by atoms with Crippen molar-refractivity contribution in [1.29, 1.82) is 0 Å². The minimum Gasteiger partial charge on any atom is -0.508 e. The predicted octanol–water partition coefficient (Wildman–Crippen LogP) is 2.12. The van der Waals surface area contributed by atoms with Crippen molar-refractivity contribution in [1.82, 2.24) is 14.4 Å². The molecule has 1 fully saturated rings. The molecule has 2 aromatic rings. The van der Waals surface area contributed by atoms with E-state index < -0.39 is 10.0 Å². The molecule has 142 valence electrons. The third-order valence-corrected chi connectivity index (χ3v) is 7.13. The van der Waals surface area contributed by atoms with Gasteiger partial charge in [-0.1, -0.05) is 11.2 Å². The fourth-order valence-electron chi connectivity index (χ4n) is 3.33. The molecule has 1 aromatic carbocycles. The molecule has 1 N–H and O–H groups in total. The molecular formula is C18H25N3O4S. The Balaban J connectivity index is 1.69. The summed E-state index contributed by atoms with van der Waals surface area (Å²) < 4.78 is 32.2. The molecule has 1 aliphatic rings. The van der Waals surface area contributed by atoms with E-state index in [1.54, 1.807) is 19.9 Å². The lowest BCUT2D eigenvalue weighted by Crippen LogP contribution is -2.48. The van der Waals surface area contributed by atoms with E-state index in [0.29, 0.717) is 49.9 Å². The number of rotatable bonds is 4. The third kappa shape index (κ3) is 3.49. The van der Waals surface area contributed by atoms with Crippen molar-refractivity contribution in [3.8, 4) is 5.75 Å². The zero-order valence-corrected chi connectivity index (χ0v) is 16.4. The van der Waals surface area contributed by atoms with E-state index in [0.717, 1.165) is 16.7 Å². The lowest BCUT2D eigenvalue weighted by atomic mass is 10.0. The number of hydrogen-bond donors (Lipinski definition) is 1. The maximum atomic E-state index is 12.9. The van der Waals surface area contributed by atoms with Crippen LogP contribution in [0.4, 0.5) is 0 Å². The van der Waals surface area contributed by atoms with Gasteiger partial charge in [0.1, 0.15) is 16.3 Å². The molecule has 26 heavy (non-hydrogen) atoms. The Morgan fingerprint density at radius 3 is 2.27 bits per heavy atom. The minimum atomic E-state index is -3.60. The topological polar surface area (TPSA) is 86.9 Å². The van der Waals surface area contributed by atoms with Crippen LogP contribution in [0.2, 0.25) is 0 Å². The molecule has 1 aliphatic heterocycles. The highest BCUT2D eigenvalue weighted by Gasteiger charge is 2.33. The Morgan fingerprint density at radius 2 is 1.69 bits per heavy atom. The Morgan fingerprint density at radius 1 is 1.08 bits per heavy atom. The summed E-state index contributed by atoms with van der Waals surface area (Å²) in [7, 11) is -3.60. The molecule has 3 rings (SSSR count). The highest BCUT2D eigenvalue weighted by Crippen LogP contribution is 2.26. The van der Waals surface area contributed by atoms with Gasteiger partial charge >= 0.3 is 0 Å². The van der Waals surface area contributed by atoms with Gasteiger partial charge in [0.05, 0.1) is 0 Å². The zero-order chi connectivity index (χ0) is 19.1. The average Bonchev–Trinajstić information content (AvgIpc) is 2.92. The fourth-order valence-corrected chi connectivity index (χ4v) is 5.04. The van der Waals surface area contributed by atoms with Crippen LogP contribution in [0.25, 0.3) is 0 Å². The monoisotopic (exact) mass is 379 g/mol. The van der Waals surface area contributed by atoms with Crippen molar-refractivity contribution >= 4 is 10.0 Å². The number of phenolic OH excluding ortho intramolecular Hbond substituents is 1. The second-order valence-corrected chi connectivity index (χ2v) is 8.77. The van der Waals surface area contributed by atoms with Gasteiger partial charge in [-0.15, -0.1) is 0 Å². The Hall–Kier alpha value is -1.90. The fraction of sp³-hybridized carbons (Fsp3) is 0.500. The van der Waals surface area contributed by atoms with Crippen LogP contribution < -0.4 is 0 Å². The molecule has 1 aromatic heterocycles. The number of phenols is 1. The summed E-state index contributed by atoms with van der Waals surface area (Å²) in [5, 5.41) is 13.9. The second-order valence-electron chi connectivity index (χ2n) is 6.90. The molecule has 0 radical (unpaired) electrons. The van der Waals surface area contributed by atoms with Gasteiger partial charge in [0, 0.05) is 38.3 Å². The van der Waals surface area contributed by atoms with Gasteiger partial charge in [-0.2, -0.15) is 4.31 Å². The zero-order valence-electron chi connectivity index (χ0n) is 15.6. The van der Waals surface area contributed by atoms with Gasteiger partial charge < -0.3 is 9.63 Å². The van der Waals surface area contributed by atoms with Crippen LogP contribution in [0.1, 0.15) is 28.1 Å². The van der Waals surface area contributed by atoms with Crippen LogP contribution in [-0.4, -0.2) is 54.1 Å². The number of piperazine rings is 1. The Bertz CT molecular complexity index is 893. The summed E-state index contributed by atoms with van der Waals surface area (Å²) >= 11 is 0. The van der Waals surface area contributed by atoms with Crippen molar-refractivity contribution in [2.75, 3.05) is 26.2 Å². The minimum absolute atomic E-state index is 0.178. The Kier molecular flexibility index (Phi) is 5.09. The maximum absolute atomic E-state index is 12.9. The third-order valence-electron chi connectivity index (χ3n) is 4.99. The van der Waals surface area contributed by atoms with Crippen LogP contribution in [0.3, 0.4) is 0 Å². The second kappa shape index (κ2) is 7.02. The molecule has 0 bridgehead atoms. The maximum Gasteiger partial charge on any atom is 0.248 e. The molecule has 1 saturated heterocycles. The summed E-state index contributed by atoms with van der Waals surface area (Å²) in [6, 6.07) is 3.78. The largest absolute Gasteiger partial charge is 0.508 e. The van der Waals surface area contributed by atoms with E-state index in [-0.39, 0.29) is 4.90 Å². The van der Waals surface area contributed by atoms with Crippen molar-refractivity contribution in [3.05, 3.63) is 40.3 Å². The molecule has 0 saturated carbocycles. The van der Waals surface area contributed by atoms with Gasteiger partial charge in [0.2, 0.25) is 10.0 Å². The predicted molar refractivity (Wildman–Crippen MR) is 97.6 cm³/mol. The number of hydrogen-bond acceptors (Lipinski definition) is 6. The molecule has 0 amide bonds. The van der Waals surface area contributed by atoms with E-state index in [2.05, 4.69) is 10.1 Å². The number of sulfonamides is 1. The van der Waals surface area contributed by atoms with Gasteiger partial charge in [0.25, 0.3) is 0 Å². The van der Waals surface area contributed by atoms with Gasteiger partial charge in [0.15, 0.2) is 5.76 Å². The van der Waals surface area contributed by atoms with E-state index in [1.165, 1.54) is 4.31 Å². The molecule has 0 atom stereocenters. The summed E-state index contributed by atoms with van der Waals surface area (Å²) in [5.74, 6) is 0.615. The first-order valence-corrected chi connectivity index (χ1v) is 10.1. The molecule has 8 heteroatoms. The first kappa shape index (κ1) is 18.9. The molecule has 0 spiro atoms. The molecular weight excluding hydrogens is 354 g/mol. The van der Waals surface area contributed by atoms with E-state index in [4.69, 9.17) is 4.52 Å². The quantitative estimate of drug-likeness (QED) is 0.876. The summed E-state index contributed by atoms with van der Waals surface area (Å²) in [6.45, 7) is 9.86. The molecule has 0 aliphatic carbocycles. The average molecular weight is 379 g/mol. The number of aromatic hydroxyl groups is 1. The normalized spacial score (nSPS) is 16.9. The van der Waals surface area contributed by atoms with Crippen molar-refractivity contribution in [2.45, 2.75) is 39.1 Å². The van der Waals surface area contributed by atoms with Gasteiger partial charge in [-0.3, -0.25) is 4.90 Å². The van der Waals surface area contributed by atoms with Crippen LogP contribution in [0.5, 0.6) is 5.75 Å². The number of benzene rings is 1. The Labute approximate surface area is 154 Å². The summed E-state index contributed by atoms with van der Waals surface area (Å²) in [5.41, 5.74) is 3.46. The first-order chi connectivity index (χ1) is 12.2. The first-order valence-electron chi connectivity index (χ1n) is 8.64. The highest BCUT2D eigenvalue weighted by molar-refractivity contribution is 7.89. The number of aryl methyl sites for hydroxylation is 4. The molecule has 2 heterocycles. The summed E-state index contributed by atoms with van der Waals surface area (Å²) in [6.07, 6.45) is 0. The van der Waals surface area contributed by atoms with Crippen LogP contribution in [-0.2, 0) is 16.6 Å². The van der Waals surface area contributed by atoms with Crippen molar-refractivity contribution in [2.24, 2.45) is 0 Å². The van der Waals surface area contributed by atoms with E-state index in [1.807, 2.05) is 19.9 Å². The van der Waals surface area contributed by atoms with Gasteiger partial charge in [-0.25, -0.2) is 8.42 Å². The molecule has 7 nitrogen and oxygen atoms in total. The lowest BCUT2D eigenvalue weighted by Gasteiger charge is -2.34. The van der Waals surface area contributed by atoms with Crippen molar-refractivity contribution < 1.29 is 18.0 Å². The summed E-state index contributed by atoms with van der Waals surface area (Å²) in [4.78, 5) is 2.33. The highest BCUT2D eigenvalue weighted by atomic mass is 32.2. The lowest BCUT2D eigenvalue weighted by molar-refractivity contribution is 0.180. The molecule has 0 unspecified atom stereocenters. The van der Waals surface area contributed by atoms with Crippen LogP contribution >= 0.6 is 0 Å². The standard InChI is InChI=1S/C18H25N3O4S/c1-12-9-16(17(22)10-13(12)2)11-20-5-7-21(8-6-20)26(23,24)18-14(3)19-25-15(18)4/h9-10,22H,5-8,11H2,1-4H3. The van der Waals surface area contributed by atoms with E-state index >= 15 is 0 Å². The van der Waals surface area contributed by atoms with Gasteiger partial charge in [-0.05, 0) is 44.9 Å². The van der Waals surface area contributed by atoms with Crippen molar-refractivity contribution in [3.63, 3.8) is 0 Å². The smallest absolute Gasteiger partial charge is 0.248 e. The number of aromatic nitrogens is 1. The van der Waals surface area contributed by atoms with Crippen LogP contribution in [0.15, 0.2) is 21.6 Å². The number of nitrogens with zero attached hydrogens (tertiary/aromatic N) is 3.